The molecule has 0 radical (unpaired) electrons. The number of carbonyl (C=O) groups is 6. The summed E-state index contributed by atoms with van der Waals surface area (Å²) in [7, 11) is -7.87. The highest BCUT2D eigenvalue weighted by molar-refractivity contribution is 7.88. The number of esters is 1. The zero-order valence-electron chi connectivity index (χ0n) is 47.9. The van der Waals surface area contributed by atoms with E-state index in [0.29, 0.717) is 57.4 Å². The van der Waals surface area contributed by atoms with Crippen molar-refractivity contribution in [3.63, 3.8) is 0 Å². The third-order valence-corrected chi connectivity index (χ3v) is 25.6. The summed E-state index contributed by atoms with van der Waals surface area (Å²) in [5.74, 6) is -3.33. The van der Waals surface area contributed by atoms with Gasteiger partial charge in [0, 0.05) is 57.5 Å². The molecule has 10 aliphatic rings. The molecule has 0 aromatic rings. The molecule has 4 aliphatic heterocycles. The Balaban J connectivity index is 0.000000202. The highest BCUT2D eigenvalue weighted by Crippen LogP contribution is 2.89. The molecular formula is C58H90N6O11S2. The second kappa shape index (κ2) is 19.0. The predicted molar refractivity (Wildman–Crippen MR) is 291 cm³/mol. The van der Waals surface area contributed by atoms with Crippen LogP contribution in [0.15, 0.2) is 25.3 Å². The van der Waals surface area contributed by atoms with Crippen LogP contribution in [0.1, 0.15) is 178 Å². The molecular weight excluding hydrogens is 1020 g/mol. The molecule has 430 valence electrons. The number of hydrogen-bond donors (Lipinski definition) is 3. The number of nitrogens with one attached hydrogen (secondary N) is 3. The molecule has 4 heterocycles. The van der Waals surface area contributed by atoms with E-state index < -0.39 is 72.0 Å². The van der Waals surface area contributed by atoms with E-state index in [4.69, 9.17) is 4.74 Å². The van der Waals surface area contributed by atoms with Crippen molar-refractivity contribution in [1.29, 1.82) is 0 Å². The Kier molecular flexibility index (Phi) is 14.4. The number of Topliss-reactive ketones (excluding diaryl/α,β-unsaturated/α-hetero) is 2. The van der Waals surface area contributed by atoms with Crippen molar-refractivity contribution < 1.29 is 50.3 Å². The Morgan fingerprint density at radius 1 is 0.636 bits per heavy atom. The van der Waals surface area contributed by atoms with E-state index in [9.17, 15) is 45.6 Å². The Labute approximate surface area is 459 Å². The lowest BCUT2D eigenvalue weighted by molar-refractivity contribution is -0.161. The minimum absolute atomic E-state index is 0.0344. The first kappa shape index (κ1) is 58.1. The van der Waals surface area contributed by atoms with Gasteiger partial charge in [-0.2, -0.15) is 25.4 Å². The van der Waals surface area contributed by atoms with Crippen LogP contribution in [0.2, 0.25) is 0 Å². The number of fused-ring (bicyclic) bond motifs is 2. The second-order valence-electron chi connectivity index (χ2n) is 28.6. The molecule has 9 atom stereocenters. The number of likely N-dealkylation sites (tertiary alicyclic amines) is 1. The van der Waals surface area contributed by atoms with Gasteiger partial charge >= 0.3 is 26.4 Å². The quantitative estimate of drug-likeness (QED) is 0.0995. The second-order valence-corrected chi connectivity index (χ2v) is 31.9. The number of ketones is 2. The molecule has 0 aromatic heterocycles. The Bertz CT molecular complexity index is 2710. The van der Waals surface area contributed by atoms with Crippen LogP contribution >= 0.6 is 0 Å². The molecule has 3 N–H and O–H groups in total. The van der Waals surface area contributed by atoms with Gasteiger partial charge in [-0.05, 0) is 142 Å². The molecule has 10 rings (SSSR count). The summed E-state index contributed by atoms with van der Waals surface area (Å²) in [5.41, 5.74) is -2.87. The first-order chi connectivity index (χ1) is 35.6. The lowest BCUT2D eigenvalue weighted by Gasteiger charge is -2.36. The number of nitrogens with zero attached hydrogens (tertiary/aromatic N) is 3. The molecule has 4 spiro atoms. The van der Waals surface area contributed by atoms with Gasteiger partial charge in [0.2, 0.25) is 17.7 Å². The SMILES string of the molecule is C=C[C@@H]1C[C@]1(CC(=O)[C@@H]1C[C@@]2(CN1)C(C)(C)C21CCC1)C(=O)NS(=O)(=O)N1CCCC1.C=C[C@@H]1C[C@]1(CC(=O)[C@@H]1C[C@@]2(CN1C(=O)[C@@H](CC(=O)OC(C)(C)C)C(C)(C)C)C(C)(C)C21CCC1)C(=O)NS(=O)(=O)N1CCCC1. The van der Waals surface area contributed by atoms with Crippen molar-refractivity contribution in [2.75, 3.05) is 39.3 Å². The molecule has 10 fully saturated rings. The molecule has 6 saturated carbocycles. The Hall–Kier alpha value is -3.52. The van der Waals surface area contributed by atoms with Crippen molar-refractivity contribution >= 4 is 55.7 Å². The molecule has 0 unspecified atom stereocenters. The molecule has 19 heteroatoms. The first-order valence-electron chi connectivity index (χ1n) is 28.8. The van der Waals surface area contributed by atoms with Crippen LogP contribution in [0.4, 0.5) is 0 Å². The zero-order valence-corrected chi connectivity index (χ0v) is 49.5. The molecule has 3 amide bonds. The fourth-order valence-electron chi connectivity index (χ4n) is 17.0. The maximum Gasteiger partial charge on any atom is 0.307 e. The molecule has 0 aromatic carbocycles. The monoisotopic (exact) mass is 1110 g/mol. The van der Waals surface area contributed by atoms with Crippen molar-refractivity contribution in [1.82, 2.24) is 28.3 Å². The van der Waals surface area contributed by atoms with Crippen LogP contribution in [-0.2, 0) is 53.9 Å². The number of rotatable bonds is 17. The average Bonchev–Trinajstić information content (AvgIpc) is 4.13. The van der Waals surface area contributed by atoms with Crippen LogP contribution < -0.4 is 14.8 Å². The number of hydrogen-bond acceptors (Lipinski definition) is 12. The lowest BCUT2D eigenvalue weighted by atomic mass is 9.73. The number of amides is 3. The van der Waals surface area contributed by atoms with E-state index in [1.165, 1.54) is 27.9 Å². The minimum atomic E-state index is -4.02. The summed E-state index contributed by atoms with van der Waals surface area (Å²) >= 11 is 0. The number of ether oxygens (including phenoxy) is 1. The predicted octanol–water partition coefficient (Wildman–Crippen LogP) is 6.94. The molecule has 0 bridgehead atoms. The Morgan fingerprint density at radius 2 is 1.08 bits per heavy atom. The zero-order chi connectivity index (χ0) is 56.6. The molecule has 77 heavy (non-hydrogen) atoms. The van der Waals surface area contributed by atoms with Gasteiger partial charge in [0.1, 0.15) is 5.60 Å². The molecule has 17 nitrogen and oxygen atoms in total. The third-order valence-electron chi connectivity index (χ3n) is 22.6. The van der Waals surface area contributed by atoms with E-state index in [1.54, 1.807) is 37.8 Å². The standard InChI is InChI=1S/C35H55N3O7S.C23H35N3O4S/c1-10-23-19-33(23,29(42)36-46(43,44)37-16-11-12-17-37)21-26(39)25-20-35(32(8,9)34(35)14-13-15-34)22-38(25)28(41)24(30(2,3)4)18-27(40)45-31(5,6)7;1-4-16-12-21(16,19(28)25-31(29,30)26-10-5-6-11-26)14-18(27)17-13-23(15-24-17)20(2,3)22(23)8-7-9-22/h10,23-25H,1,11-22H2,2-9H3,(H,36,42);4,16-17,24H,1,5-15H2,2-3H3,(H,25,28)/t23-,24-,25+,33-,35-;16-,17+,21-,23-/m11/s1. The van der Waals surface area contributed by atoms with Gasteiger partial charge in [-0.15, -0.1) is 13.2 Å². The van der Waals surface area contributed by atoms with Crippen molar-refractivity contribution in [3.05, 3.63) is 25.3 Å². The minimum Gasteiger partial charge on any atom is -0.460 e. The Morgan fingerprint density at radius 3 is 1.45 bits per heavy atom. The van der Waals surface area contributed by atoms with Crippen molar-refractivity contribution in [2.45, 2.75) is 196 Å². The van der Waals surface area contributed by atoms with Gasteiger partial charge in [-0.3, -0.25) is 28.8 Å². The van der Waals surface area contributed by atoms with E-state index in [2.05, 4.69) is 55.6 Å². The van der Waals surface area contributed by atoms with Crippen LogP contribution in [0.25, 0.3) is 0 Å². The number of allylic oxidation sites excluding steroid dienone is 2. The smallest absolute Gasteiger partial charge is 0.307 e. The van der Waals surface area contributed by atoms with Gasteiger partial charge in [0.25, 0.3) is 0 Å². The molecule has 4 saturated heterocycles. The average molecular weight is 1110 g/mol. The van der Waals surface area contributed by atoms with Gasteiger partial charge in [0.15, 0.2) is 11.6 Å². The van der Waals surface area contributed by atoms with Crippen molar-refractivity contribution in [3.8, 4) is 0 Å². The van der Waals surface area contributed by atoms with E-state index in [0.717, 1.165) is 57.9 Å². The van der Waals surface area contributed by atoms with Crippen LogP contribution in [0.5, 0.6) is 0 Å². The third kappa shape index (κ3) is 9.14. The van der Waals surface area contributed by atoms with Crippen LogP contribution in [0, 0.1) is 66.5 Å². The first-order valence-corrected chi connectivity index (χ1v) is 31.7. The summed E-state index contributed by atoms with van der Waals surface area (Å²) in [4.78, 5) is 83.9. The van der Waals surface area contributed by atoms with Crippen LogP contribution in [0.3, 0.4) is 0 Å². The summed E-state index contributed by atoms with van der Waals surface area (Å²) < 4.78 is 64.0. The lowest BCUT2D eigenvalue weighted by Crippen LogP contribution is -2.49. The highest BCUT2D eigenvalue weighted by atomic mass is 32.2. The summed E-state index contributed by atoms with van der Waals surface area (Å²) in [6, 6.07) is -1.01. The maximum absolute atomic E-state index is 14.6. The van der Waals surface area contributed by atoms with Gasteiger partial charge in [-0.1, -0.05) is 73.5 Å². The van der Waals surface area contributed by atoms with Gasteiger partial charge < -0.3 is 15.0 Å². The van der Waals surface area contributed by atoms with E-state index in [1.807, 2.05) is 20.8 Å². The van der Waals surface area contributed by atoms with Crippen molar-refractivity contribution in [2.24, 2.45) is 66.5 Å². The fourth-order valence-corrected chi connectivity index (χ4v) is 19.7. The number of carbonyl (C=O) groups excluding carboxylic acids is 6. The summed E-state index contributed by atoms with van der Waals surface area (Å²) in [5, 5.41) is 3.47. The van der Waals surface area contributed by atoms with Gasteiger partial charge in [-0.25, -0.2) is 9.44 Å². The molecule has 6 aliphatic carbocycles. The summed E-state index contributed by atoms with van der Waals surface area (Å²) in [6.45, 7) is 30.9. The topological polar surface area (TPSA) is 226 Å². The van der Waals surface area contributed by atoms with E-state index >= 15 is 0 Å². The van der Waals surface area contributed by atoms with Gasteiger partial charge in [0.05, 0.1) is 35.3 Å². The van der Waals surface area contributed by atoms with Crippen LogP contribution in [-0.4, -0.2) is 123 Å². The largest absolute Gasteiger partial charge is 0.460 e. The highest BCUT2D eigenvalue weighted by Gasteiger charge is 2.86. The summed E-state index contributed by atoms with van der Waals surface area (Å²) in [6.07, 6.45) is 15.4. The fraction of sp³-hybridized carbons (Fsp3) is 0.828. The maximum atomic E-state index is 14.6. The normalized spacial score (nSPS) is 35.3. The van der Waals surface area contributed by atoms with E-state index in [-0.39, 0.29) is 81.7 Å².